The Balaban J connectivity index is 3.26. The van der Waals surface area contributed by atoms with E-state index in [-0.39, 0.29) is 5.41 Å². The lowest BCUT2D eigenvalue weighted by atomic mass is 9.81. The molecule has 3 heteroatoms. The van der Waals surface area contributed by atoms with Crippen LogP contribution < -0.4 is 10.5 Å². The van der Waals surface area contributed by atoms with Crippen molar-refractivity contribution in [3.05, 3.63) is 28.3 Å². The van der Waals surface area contributed by atoms with Crippen molar-refractivity contribution >= 4 is 11.6 Å². The predicted molar refractivity (Wildman–Crippen MR) is 78.7 cm³/mol. The van der Waals surface area contributed by atoms with E-state index in [0.717, 1.165) is 24.2 Å². The van der Waals surface area contributed by atoms with Crippen LogP contribution in [0.25, 0.3) is 0 Å². The average molecular weight is 270 g/mol. The standard InChI is InChI=1S/C15H24ClNO/c1-5-15(3,4)12-9-11(7-8-17)14(18-6-2)13(16)10-12/h9-10H,5-8,17H2,1-4H3. The molecule has 0 heterocycles. The summed E-state index contributed by atoms with van der Waals surface area (Å²) in [5.41, 5.74) is 8.16. The Labute approximate surface area is 115 Å². The summed E-state index contributed by atoms with van der Waals surface area (Å²) < 4.78 is 5.63. The quantitative estimate of drug-likeness (QED) is 0.849. The number of nitrogens with two attached hydrogens (primary N) is 1. The molecular weight excluding hydrogens is 246 g/mol. The average Bonchev–Trinajstić information content (AvgIpc) is 2.33. The third-order valence-corrected chi connectivity index (χ3v) is 3.77. The van der Waals surface area contributed by atoms with Crippen LogP contribution in [0.15, 0.2) is 12.1 Å². The summed E-state index contributed by atoms with van der Waals surface area (Å²) in [5, 5.41) is 0.694. The molecule has 0 aliphatic heterocycles. The van der Waals surface area contributed by atoms with Crippen molar-refractivity contribution < 1.29 is 4.74 Å². The van der Waals surface area contributed by atoms with Gasteiger partial charge in [0, 0.05) is 0 Å². The van der Waals surface area contributed by atoms with Gasteiger partial charge in [-0.2, -0.15) is 0 Å². The summed E-state index contributed by atoms with van der Waals surface area (Å²) in [7, 11) is 0. The third kappa shape index (κ3) is 3.39. The van der Waals surface area contributed by atoms with Gasteiger partial charge in [-0.25, -0.2) is 0 Å². The van der Waals surface area contributed by atoms with Crippen molar-refractivity contribution in [1.82, 2.24) is 0 Å². The molecule has 1 aromatic rings. The molecule has 0 spiro atoms. The molecular formula is C15H24ClNO. The number of hydrogen-bond donors (Lipinski definition) is 1. The minimum absolute atomic E-state index is 0.123. The van der Waals surface area contributed by atoms with Crippen molar-refractivity contribution in [3.8, 4) is 5.75 Å². The highest BCUT2D eigenvalue weighted by atomic mass is 35.5. The first kappa shape index (κ1) is 15.3. The Bertz CT molecular complexity index is 402. The monoisotopic (exact) mass is 269 g/mol. The van der Waals surface area contributed by atoms with E-state index in [9.17, 15) is 0 Å². The fourth-order valence-corrected chi connectivity index (χ4v) is 2.19. The van der Waals surface area contributed by atoms with Crippen molar-refractivity contribution in [1.29, 1.82) is 0 Å². The molecule has 1 rings (SSSR count). The van der Waals surface area contributed by atoms with Crippen LogP contribution in [-0.4, -0.2) is 13.2 Å². The SMILES string of the molecule is CCOc1c(Cl)cc(C(C)(C)CC)cc1CCN. The van der Waals surface area contributed by atoms with Gasteiger partial charge in [-0.1, -0.05) is 38.4 Å². The summed E-state index contributed by atoms with van der Waals surface area (Å²) >= 11 is 6.35. The molecule has 0 saturated carbocycles. The second-order valence-corrected chi connectivity index (χ2v) is 5.56. The van der Waals surface area contributed by atoms with E-state index in [1.54, 1.807) is 0 Å². The van der Waals surface area contributed by atoms with Gasteiger partial charge < -0.3 is 10.5 Å². The van der Waals surface area contributed by atoms with Crippen LogP contribution in [0.5, 0.6) is 5.75 Å². The van der Waals surface area contributed by atoms with E-state index in [1.165, 1.54) is 5.56 Å². The number of ether oxygens (including phenoxy) is 1. The topological polar surface area (TPSA) is 35.2 Å². The molecule has 1 aromatic carbocycles. The zero-order valence-corrected chi connectivity index (χ0v) is 12.6. The highest BCUT2D eigenvalue weighted by molar-refractivity contribution is 6.32. The summed E-state index contributed by atoms with van der Waals surface area (Å²) in [6.45, 7) is 9.83. The Morgan fingerprint density at radius 1 is 1.28 bits per heavy atom. The Hall–Kier alpha value is -0.730. The lowest BCUT2D eigenvalue weighted by molar-refractivity contribution is 0.336. The van der Waals surface area contributed by atoms with Crippen molar-refractivity contribution in [2.24, 2.45) is 5.73 Å². The lowest BCUT2D eigenvalue weighted by Gasteiger charge is -2.25. The molecule has 18 heavy (non-hydrogen) atoms. The van der Waals surface area contributed by atoms with Gasteiger partial charge >= 0.3 is 0 Å². The predicted octanol–water partition coefficient (Wildman–Crippen LogP) is 3.93. The normalized spacial score (nSPS) is 11.7. The van der Waals surface area contributed by atoms with Gasteiger partial charge in [-0.3, -0.25) is 0 Å². The van der Waals surface area contributed by atoms with Crippen molar-refractivity contribution in [2.75, 3.05) is 13.2 Å². The number of rotatable bonds is 6. The van der Waals surface area contributed by atoms with Gasteiger partial charge in [-0.15, -0.1) is 0 Å². The minimum Gasteiger partial charge on any atom is -0.492 e. The first-order chi connectivity index (χ1) is 8.46. The van der Waals surface area contributed by atoms with Gasteiger partial charge in [0.15, 0.2) is 0 Å². The third-order valence-electron chi connectivity index (χ3n) is 3.49. The highest BCUT2D eigenvalue weighted by Gasteiger charge is 2.21. The number of halogens is 1. The molecule has 0 unspecified atom stereocenters. The van der Waals surface area contributed by atoms with Gasteiger partial charge in [0.05, 0.1) is 11.6 Å². The maximum absolute atomic E-state index is 6.35. The number of benzene rings is 1. The van der Waals surface area contributed by atoms with Crippen LogP contribution in [0, 0.1) is 0 Å². The van der Waals surface area contributed by atoms with E-state index in [1.807, 2.05) is 13.0 Å². The largest absolute Gasteiger partial charge is 0.492 e. The first-order valence-electron chi connectivity index (χ1n) is 6.62. The van der Waals surface area contributed by atoms with Gasteiger partial charge in [0.25, 0.3) is 0 Å². The lowest BCUT2D eigenvalue weighted by Crippen LogP contribution is -2.17. The summed E-state index contributed by atoms with van der Waals surface area (Å²) in [6.07, 6.45) is 1.86. The van der Waals surface area contributed by atoms with Gasteiger partial charge in [-0.05, 0) is 48.9 Å². The zero-order valence-electron chi connectivity index (χ0n) is 11.8. The van der Waals surface area contributed by atoms with Crippen LogP contribution >= 0.6 is 11.6 Å². The molecule has 0 aliphatic carbocycles. The highest BCUT2D eigenvalue weighted by Crippen LogP contribution is 2.36. The van der Waals surface area contributed by atoms with E-state index >= 15 is 0 Å². The van der Waals surface area contributed by atoms with Crippen LogP contribution in [0.1, 0.15) is 45.2 Å². The summed E-state index contributed by atoms with van der Waals surface area (Å²) in [5.74, 6) is 0.792. The molecule has 0 fully saturated rings. The minimum atomic E-state index is 0.123. The summed E-state index contributed by atoms with van der Waals surface area (Å²) in [6, 6.07) is 4.21. The molecule has 0 aliphatic rings. The molecule has 0 atom stereocenters. The van der Waals surface area contributed by atoms with Crippen LogP contribution in [0.4, 0.5) is 0 Å². The van der Waals surface area contributed by atoms with Gasteiger partial charge in [0.2, 0.25) is 0 Å². The van der Waals surface area contributed by atoms with Crippen LogP contribution in [0.3, 0.4) is 0 Å². The fraction of sp³-hybridized carbons (Fsp3) is 0.600. The van der Waals surface area contributed by atoms with Crippen LogP contribution in [0.2, 0.25) is 5.02 Å². The second kappa shape index (κ2) is 6.44. The van der Waals surface area contributed by atoms with E-state index in [2.05, 4.69) is 26.8 Å². The molecule has 0 aromatic heterocycles. The molecule has 0 bridgehead atoms. The zero-order chi connectivity index (χ0) is 13.8. The van der Waals surface area contributed by atoms with E-state index < -0.39 is 0 Å². The summed E-state index contributed by atoms with van der Waals surface area (Å²) in [4.78, 5) is 0. The molecule has 102 valence electrons. The van der Waals surface area contributed by atoms with Crippen molar-refractivity contribution in [3.63, 3.8) is 0 Å². The first-order valence-corrected chi connectivity index (χ1v) is 6.99. The Kier molecular flexibility index (Phi) is 5.48. The smallest absolute Gasteiger partial charge is 0.141 e. The second-order valence-electron chi connectivity index (χ2n) is 5.16. The Morgan fingerprint density at radius 2 is 1.94 bits per heavy atom. The van der Waals surface area contributed by atoms with E-state index in [0.29, 0.717) is 18.2 Å². The molecule has 0 saturated heterocycles. The fourth-order valence-electron chi connectivity index (χ4n) is 1.89. The van der Waals surface area contributed by atoms with Gasteiger partial charge in [0.1, 0.15) is 5.75 Å². The molecule has 0 amide bonds. The molecule has 0 radical (unpaired) electrons. The maximum atomic E-state index is 6.35. The molecule has 2 N–H and O–H groups in total. The Morgan fingerprint density at radius 3 is 2.44 bits per heavy atom. The van der Waals surface area contributed by atoms with E-state index in [4.69, 9.17) is 22.1 Å². The molecule has 2 nitrogen and oxygen atoms in total. The number of hydrogen-bond acceptors (Lipinski definition) is 2. The maximum Gasteiger partial charge on any atom is 0.141 e. The van der Waals surface area contributed by atoms with Crippen LogP contribution in [-0.2, 0) is 11.8 Å². The van der Waals surface area contributed by atoms with Crippen molar-refractivity contribution in [2.45, 2.75) is 46.0 Å².